The summed E-state index contributed by atoms with van der Waals surface area (Å²) in [7, 11) is 0. The van der Waals surface area contributed by atoms with E-state index in [1.54, 1.807) is 6.92 Å². The molecule has 1 aliphatic heterocycles. The molecule has 0 saturated carbocycles. The van der Waals surface area contributed by atoms with Crippen molar-refractivity contribution >= 4 is 22.4 Å². The van der Waals surface area contributed by atoms with Gasteiger partial charge in [-0.3, -0.25) is 4.79 Å². The van der Waals surface area contributed by atoms with Gasteiger partial charge in [-0.2, -0.15) is 0 Å². The maximum atomic E-state index is 11.5. The maximum absolute atomic E-state index is 11.5. The van der Waals surface area contributed by atoms with Crippen LogP contribution in [-0.2, 0) is 4.79 Å². The molecule has 1 N–H and O–H groups in total. The number of rotatable bonds is 0. The monoisotopic (exact) mass is 213 g/mol. The Hall–Kier alpha value is -2.03. The molecule has 1 amide bonds. The molecule has 1 atom stereocenters. The Labute approximate surface area is 93.0 Å². The van der Waals surface area contributed by atoms with Gasteiger partial charge < -0.3 is 10.1 Å². The Morgan fingerprint density at radius 1 is 1.19 bits per heavy atom. The van der Waals surface area contributed by atoms with Crippen LogP contribution in [0.4, 0.5) is 5.69 Å². The molecule has 0 radical (unpaired) electrons. The van der Waals surface area contributed by atoms with Crippen molar-refractivity contribution < 1.29 is 9.53 Å². The van der Waals surface area contributed by atoms with Crippen molar-refractivity contribution in [2.45, 2.75) is 13.0 Å². The second-order valence-corrected chi connectivity index (χ2v) is 3.94. The fraction of sp³-hybridized carbons (Fsp3) is 0.154. The van der Waals surface area contributed by atoms with E-state index in [0.29, 0.717) is 0 Å². The molecule has 1 aliphatic rings. The first-order valence-corrected chi connectivity index (χ1v) is 5.24. The Bertz CT molecular complexity index is 577. The topological polar surface area (TPSA) is 38.3 Å². The summed E-state index contributed by atoms with van der Waals surface area (Å²) >= 11 is 0. The lowest BCUT2D eigenvalue weighted by Crippen LogP contribution is -2.34. The van der Waals surface area contributed by atoms with Gasteiger partial charge in [0.1, 0.15) is 5.75 Å². The molecule has 80 valence electrons. The number of anilines is 1. The van der Waals surface area contributed by atoms with Crippen molar-refractivity contribution in [3.63, 3.8) is 0 Å². The lowest BCUT2D eigenvalue weighted by Gasteiger charge is -2.23. The molecule has 0 saturated heterocycles. The van der Waals surface area contributed by atoms with Crippen molar-refractivity contribution in [3.8, 4) is 5.75 Å². The maximum Gasteiger partial charge on any atom is 0.265 e. The molecule has 0 spiro atoms. The van der Waals surface area contributed by atoms with Crippen LogP contribution in [-0.4, -0.2) is 12.0 Å². The normalized spacial score (nSPS) is 18.8. The van der Waals surface area contributed by atoms with E-state index in [9.17, 15) is 4.79 Å². The second kappa shape index (κ2) is 3.23. The van der Waals surface area contributed by atoms with Gasteiger partial charge in [-0.25, -0.2) is 0 Å². The molecule has 3 nitrogen and oxygen atoms in total. The lowest BCUT2D eigenvalue weighted by molar-refractivity contribution is -0.122. The summed E-state index contributed by atoms with van der Waals surface area (Å²) in [6, 6.07) is 11.9. The predicted octanol–water partition coefficient (Wildman–Crippen LogP) is 2.56. The minimum absolute atomic E-state index is 0.0946. The first-order valence-electron chi connectivity index (χ1n) is 5.24. The van der Waals surface area contributed by atoms with E-state index in [0.717, 1.165) is 22.2 Å². The number of carbonyl (C=O) groups excluding carboxylic acids is 1. The SMILES string of the molecule is CC1Oc2cc3ccccc3cc2NC1=O. The number of hydrogen-bond donors (Lipinski definition) is 1. The zero-order chi connectivity index (χ0) is 11.1. The predicted molar refractivity (Wildman–Crippen MR) is 62.7 cm³/mol. The molecular weight excluding hydrogens is 202 g/mol. The average molecular weight is 213 g/mol. The molecule has 1 heterocycles. The number of carbonyl (C=O) groups is 1. The third-order valence-corrected chi connectivity index (χ3v) is 2.78. The van der Waals surface area contributed by atoms with E-state index < -0.39 is 6.10 Å². The van der Waals surface area contributed by atoms with Crippen LogP contribution in [0.2, 0.25) is 0 Å². The molecule has 0 bridgehead atoms. The van der Waals surface area contributed by atoms with Crippen LogP contribution in [0.1, 0.15) is 6.92 Å². The number of benzene rings is 2. The summed E-state index contributed by atoms with van der Waals surface area (Å²) < 4.78 is 5.54. The van der Waals surface area contributed by atoms with Gasteiger partial charge in [-0.1, -0.05) is 24.3 Å². The Morgan fingerprint density at radius 2 is 1.88 bits per heavy atom. The van der Waals surface area contributed by atoms with Crippen molar-refractivity contribution in [3.05, 3.63) is 36.4 Å². The smallest absolute Gasteiger partial charge is 0.265 e. The van der Waals surface area contributed by atoms with Crippen LogP contribution in [0.5, 0.6) is 5.75 Å². The number of nitrogens with one attached hydrogen (secondary N) is 1. The zero-order valence-electron chi connectivity index (χ0n) is 8.86. The van der Waals surface area contributed by atoms with Crippen molar-refractivity contribution in [1.82, 2.24) is 0 Å². The summed E-state index contributed by atoms with van der Waals surface area (Å²) in [4.78, 5) is 11.5. The van der Waals surface area contributed by atoms with Gasteiger partial charge in [-0.15, -0.1) is 0 Å². The first kappa shape index (κ1) is 9.21. The minimum atomic E-state index is -0.423. The van der Waals surface area contributed by atoms with E-state index in [4.69, 9.17) is 4.74 Å². The number of fused-ring (bicyclic) bond motifs is 2. The summed E-state index contributed by atoms with van der Waals surface area (Å²) in [5, 5.41) is 5.05. The summed E-state index contributed by atoms with van der Waals surface area (Å²) in [5.74, 6) is 0.647. The quantitative estimate of drug-likeness (QED) is 0.730. The van der Waals surface area contributed by atoms with Crippen LogP contribution < -0.4 is 10.1 Å². The van der Waals surface area contributed by atoms with Crippen LogP contribution >= 0.6 is 0 Å². The van der Waals surface area contributed by atoms with Gasteiger partial charge in [-0.05, 0) is 29.8 Å². The highest BCUT2D eigenvalue weighted by Gasteiger charge is 2.23. The molecular formula is C13H11NO2. The van der Waals surface area contributed by atoms with E-state index in [1.807, 2.05) is 36.4 Å². The van der Waals surface area contributed by atoms with Gasteiger partial charge in [0.15, 0.2) is 6.10 Å². The lowest BCUT2D eigenvalue weighted by atomic mass is 10.1. The van der Waals surface area contributed by atoms with Crippen LogP contribution in [0.15, 0.2) is 36.4 Å². The molecule has 0 fully saturated rings. The van der Waals surface area contributed by atoms with Crippen molar-refractivity contribution in [2.75, 3.05) is 5.32 Å². The van der Waals surface area contributed by atoms with Crippen molar-refractivity contribution in [2.24, 2.45) is 0 Å². The van der Waals surface area contributed by atoms with E-state index in [2.05, 4.69) is 5.32 Å². The fourth-order valence-electron chi connectivity index (χ4n) is 1.89. The molecule has 3 heteroatoms. The summed E-state index contributed by atoms with van der Waals surface area (Å²) in [6.45, 7) is 1.74. The molecule has 3 rings (SSSR count). The van der Waals surface area contributed by atoms with Crippen molar-refractivity contribution in [1.29, 1.82) is 0 Å². The molecule has 0 aromatic heterocycles. The van der Waals surface area contributed by atoms with Gasteiger partial charge in [0.2, 0.25) is 0 Å². The highest BCUT2D eigenvalue weighted by molar-refractivity contribution is 6.00. The third-order valence-electron chi connectivity index (χ3n) is 2.78. The Morgan fingerprint density at radius 3 is 2.62 bits per heavy atom. The van der Waals surface area contributed by atoms with E-state index in [-0.39, 0.29) is 5.91 Å². The van der Waals surface area contributed by atoms with Gasteiger partial charge >= 0.3 is 0 Å². The molecule has 16 heavy (non-hydrogen) atoms. The summed E-state index contributed by atoms with van der Waals surface area (Å²) in [6.07, 6.45) is -0.423. The number of ether oxygens (including phenoxy) is 1. The Kier molecular flexibility index (Phi) is 1.86. The molecule has 2 aromatic carbocycles. The third kappa shape index (κ3) is 1.33. The highest BCUT2D eigenvalue weighted by atomic mass is 16.5. The minimum Gasteiger partial charge on any atom is -0.479 e. The van der Waals surface area contributed by atoms with Gasteiger partial charge in [0.25, 0.3) is 5.91 Å². The van der Waals surface area contributed by atoms with Crippen LogP contribution in [0.25, 0.3) is 10.8 Å². The fourth-order valence-corrected chi connectivity index (χ4v) is 1.89. The van der Waals surface area contributed by atoms with E-state index >= 15 is 0 Å². The second-order valence-electron chi connectivity index (χ2n) is 3.94. The van der Waals surface area contributed by atoms with Gasteiger partial charge in [0.05, 0.1) is 5.69 Å². The standard InChI is InChI=1S/C13H11NO2/c1-8-13(15)14-11-6-9-4-2-3-5-10(9)7-12(11)16-8/h2-8H,1H3,(H,14,15). The number of hydrogen-bond acceptors (Lipinski definition) is 2. The zero-order valence-corrected chi connectivity index (χ0v) is 8.86. The number of amides is 1. The highest BCUT2D eigenvalue weighted by Crippen LogP contribution is 2.33. The molecule has 1 unspecified atom stereocenters. The Balaban J connectivity index is 2.20. The first-order chi connectivity index (χ1) is 7.74. The van der Waals surface area contributed by atoms with Crippen LogP contribution in [0.3, 0.4) is 0 Å². The van der Waals surface area contributed by atoms with Gasteiger partial charge in [0, 0.05) is 0 Å². The molecule has 0 aliphatic carbocycles. The largest absolute Gasteiger partial charge is 0.479 e. The van der Waals surface area contributed by atoms with Crippen LogP contribution in [0, 0.1) is 0 Å². The summed E-state index contributed by atoms with van der Waals surface area (Å²) in [5.41, 5.74) is 0.752. The van der Waals surface area contributed by atoms with E-state index in [1.165, 1.54) is 0 Å². The average Bonchev–Trinajstić information content (AvgIpc) is 2.28. The molecule has 2 aromatic rings.